The molecule has 6 nitrogen and oxygen atoms in total. The maximum absolute atomic E-state index is 10.9. The average molecular weight is 279 g/mol. The van der Waals surface area contributed by atoms with Gasteiger partial charge in [0.25, 0.3) is 5.69 Å². The monoisotopic (exact) mass is 279 g/mol. The topological polar surface area (TPSA) is 76.4 Å². The van der Waals surface area contributed by atoms with Gasteiger partial charge in [0.1, 0.15) is 0 Å². The smallest absolute Gasteiger partial charge is 0.273 e. The lowest BCUT2D eigenvalue weighted by Gasteiger charge is -2.12. The van der Waals surface area contributed by atoms with E-state index in [0.717, 1.165) is 24.2 Å². The number of nitrogens with one attached hydrogen (secondary N) is 2. The van der Waals surface area contributed by atoms with Gasteiger partial charge in [-0.3, -0.25) is 10.1 Å². The van der Waals surface area contributed by atoms with Crippen molar-refractivity contribution in [2.45, 2.75) is 31.8 Å². The van der Waals surface area contributed by atoms with E-state index in [0.29, 0.717) is 19.3 Å². The summed E-state index contributed by atoms with van der Waals surface area (Å²) >= 11 is 0. The number of anilines is 2. The van der Waals surface area contributed by atoms with Crippen molar-refractivity contribution in [2.24, 2.45) is 0 Å². The second-order valence-electron chi connectivity index (χ2n) is 4.98. The Balaban J connectivity index is 1.84. The molecule has 1 saturated carbocycles. The Hall–Kier alpha value is -1.82. The first kappa shape index (κ1) is 14.6. The van der Waals surface area contributed by atoms with Crippen LogP contribution >= 0.6 is 0 Å². The molecule has 0 saturated heterocycles. The number of nitro groups is 1. The number of nitro benzene ring substituents is 1. The zero-order valence-electron chi connectivity index (χ0n) is 11.7. The van der Waals surface area contributed by atoms with Crippen molar-refractivity contribution in [3.63, 3.8) is 0 Å². The fraction of sp³-hybridized carbons (Fsp3) is 0.571. The van der Waals surface area contributed by atoms with E-state index in [1.165, 1.54) is 25.0 Å². The molecule has 110 valence electrons. The van der Waals surface area contributed by atoms with Crippen LogP contribution in [0.3, 0.4) is 0 Å². The van der Waals surface area contributed by atoms with Crippen LogP contribution in [0.1, 0.15) is 25.7 Å². The van der Waals surface area contributed by atoms with Gasteiger partial charge in [0, 0.05) is 37.1 Å². The molecule has 6 heteroatoms. The molecule has 0 heterocycles. The Labute approximate surface area is 118 Å². The summed E-state index contributed by atoms with van der Waals surface area (Å²) in [4.78, 5) is 10.5. The van der Waals surface area contributed by atoms with E-state index in [9.17, 15) is 10.1 Å². The van der Waals surface area contributed by atoms with E-state index in [1.54, 1.807) is 7.05 Å². The minimum atomic E-state index is -0.388. The van der Waals surface area contributed by atoms with Crippen molar-refractivity contribution in [3.8, 4) is 0 Å². The van der Waals surface area contributed by atoms with Gasteiger partial charge in [0.15, 0.2) is 0 Å². The van der Waals surface area contributed by atoms with Gasteiger partial charge in [-0.15, -0.1) is 0 Å². The average Bonchev–Trinajstić information content (AvgIpc) is 2.96. The summed E-state index contributed by atoms with van der Waals surface area (Å²) in [7, 11) is 1.74. The molecule has 0 bridgehead atoms. The van der Waals surface area contributed by atoms with Crippen LogP contribution in [0.25, 0.3) is 0 Å². The van der Waals surface area contributed by atoms with Crippen LogP contribution in [0, 0.1) is 10.1 Å². The third-order valence-electron chi connectivity index (χ3n) is 3.50. The number of nitrogens with zero attached hydrogens (tertiary/aromatic N) is 1. The highest BCUT2D eigenvalue weighted by Gasteiger charge is 2.14. The molecule has 2 N–H and O–H groups in total. The molecular formula is C14H21N3O3. The lowest BCUT2D eigenvalue weighted by molar-refractivity contribution is -0.384. The zero-order chi connectivity index (χ0) is 14.4. The molecule has 1 aromatic rings. The van der Waals surface area contributed by atoms with Crippen molar-refractivity contribution in [1.29, 1.82) is 0 Å². The normalized spacial score (nSPS) is 15.2. The molecule has 20 heavy (non-hydrogen) atoms. The molecule has 1 fully saturated rings. The highest BCUT2D eigenvalue weighted by molar-refractivity contribution is 5.63. The summed E-state index contributed by atoms with van der Waals surface area (Å²) < 4.78 is 5.75. The predicted molar refractivity (Wildman–Crippen MR) is 79.3 cm³/mol. The standard InChI is InChI=1S/C14H21N3O3/c1-15-11-8-12(10-13(9-11)17(18)19)16-6-7-20-14-4-2-3-5-14/h8-10,14-16H,2-7H2,1H3. The van der Waals surface area contributed by atoms with Crippen LogP contribution in [-0.2, 0) is 4.74 Å². The van der Waals surface area contributed by atoms with Crippen LogP contribution < -0.4 is 10.6 Å². The van der Waals surface area contributed by atoms with Crippen molar-refractivity contribution < 1.29 is 9.66 Å². The maximum Gasteiger partial charge on any atom is 0.273 e. The molecule has 0 aliphatic heterocycles. The van der Waals surface area contributed by atoms with Crippen molar-refractivity contribution in [3.05, 3.63) is 28.3 Å². The van der Waals surface area contributed by atoms with Gasteiger partial charge in [-0.2, -0.15) is 0 Å². The third-order valence-corrected chi connectivity index (χ3v) is 3.50. The molecule has 0 aromatic heterocycles. The molecular weight excluding hydrogens is 258 g/mol. The van der Waals surface area contributed by atoms with E-state index in [1.807, 2.05) is 6.07 Å². The predicted octanol–water partition coefficient (Wildman–Crippen LogP) is 3.01. The summed E-state index contributed by atoms with van der Waals surface area (Å²) in [5.74, 6) is 0. The molecule has 0 unspecified atom stereocenters. The minimum absolute atomic E-state index is 0.0797. The van der Waals surface area contributed by atoms with Gasteiger partial charge < -0.3 is 15.4 Å². The molecule has 1 aromatic carbocycles. The lowest BCUT2D eigenvalue weighted by Crippen LogP contribution is -2.15. The molecule has 0 amide bonds. The summed E-state index contributed by atoms with van der Waals surface area (Å²) in [6, 6.07) is 4.90. The van der Waals surface area contributed by atoms with Gasteiger partial charge in [0.2, 0.25) is 0 Å². The van der Waals surface area contributed by atoms with Crippen LogP contribution in [0.15, 0.2) is 18.2 Å². The van der Waals surface area contributed by atoms with E-state index in [2.05, 4.69) is 10.6 Å². The number of hydrogen-bond acceptors (Lipinski definition) is 5. The SMILES string of the molecule is CNc1cc(NCCOC2CCCC2)cc([N+](=O)[O-])c1. The fourth-order valence-electron chi connectivity index (χ4n) is 2.44. The van der Waals surface area contributed by atoms with Gasteiger partial charge in [-0.25, -0.2) is 0 Å². The van der Waals surface area contributed by atoms with Gasteiger partial charge in [-0.1, -0.05) is 12.8 Å². The van der Waals surface area contributed by atoms with Gasteiger partial charge >= 0.3 is 0 Å². The molecule has 0 radical (unpaired) electrons. The Morgan fingerprint density at radius 3 is 2.65 bits per heavy atom. The number of benzene rings is 1. The number of ether oxygens (including phenoxy) is 1. The Kier molecular flexibility index (Phi) is 5.17. The van der Waals surface area contributed by atoms with E-state index in [4.69, 9.17) is 4.74 Å². The second kappa shape index (κ2) is 7.09. The molecule has 1 aliphatic rings. The van der Waals surface area contributed by atoms with Crippen LogP contribution in [0.4, 0.5) is 17.1 Å². The summed E-state index contributed by atoms with van der Waals surface area (Å²) in [6.07, 6.45) is 5.22. The first-order chi connectivity index (χ1) is 9.69. The van der Waals surface area contributed by atoms with E-state index in [-0.39, 0.29) is 10.6 Å². The van der Waals surface area contributed by atoms with E-state index < -0.39 is 0 Å². The number of rotatable bonds is 7. The molecule has 0 spiro atoms. The van der Waals surface area contributed by atoms with Crippen molar-refractivity contribution in [1.82, 2.24) is 0 Å². The largest absolute Gasteiger partial charge is 0.388 e. The van der Waals surface area contributed by atoms with Crippen LogP contribution in [0.2, 0.25) is 0 Å². The molecule has 0 atom stereocenters. The van der Waals surface area contributed by atoms with Crippen LogP contribution in [0.5, 0.6) is 0 Å². The molecule has 2 rings (SSSR count). The first-order valence-electron chi connectivity index (χ1n) is 7.02. The Morgan fingerprint density at radius 1 is 1.30 bits per heavy atom. The maximum atomic E-state index is 10.9. The Bertz CT molecular complexity index is 459. The first-order valence-corrected chi connectivity index (χ1v) is 7.02. The summed E-state index contributed by atoms with van der Waals surface area (Å²) in [6.45, 7) is 1.28. The minimum Gasteiger partial charge on any atom is -0.388 e. The van der Waals surface area contributed by atoms with Gasteiger partial charge in [-0.05, 0) is 18.9 Å². The van der Waals surface area contributed by atoms with E-state index >= 15 is 0 Å². The zero-order valence-corrected chi connectivity index (χ0v) is 11.7. The van der Waals surface area contributed by atoms with Crippen molar-refractivity contribution in [2.75, 3.05) is 30.8 Å². The Morgan fingerprint density at radius 2 is 2.00 bits per heavy atom. The third kappa shape index (κ3) is 4.09. The number of non-ortho nitro benzene ring substituents is 1. The highest BCUT2D eigenvalue weighted by atomic mass is 16.6. The molecule has 1 aliphatic carbocycles. The fourth-order valence-corrected chi connectivity index (χ4v) is 2.44. The summed E-state index contributed by atoms with van der Waals surface area (Å²) in [5.41, 5.74) is 1.54. The quantitative estimate of drug-likeness (QED) is 0.456. The summed E-state index contributed by atoms with van der Waals surface area (Å²) in [5, 5.41) is 16.9. The highest BCUT2D eigenvalue weighted by Crippen LogP contribution is 2.24. The van der Waals surface area contributed by atoms with Gasteiger partial charge in [0.05, 0.1) is 17.6 Å². The lowest BCUT2D eigenvalue weighted by atomic mass is 10.2. The number of hydrogen-bond donors (Lipinski definition) is 2. The second-order valence-corrected chi connectivity index (χ2v) is 4.98. The van der Waals surface area contributed by atoms with Crippen LogP contribution in [-0.4, -0.2) is 31.2 Å². The van der Waals surface area contributed by atoms with Crippen molar-refractivity contribution >= 4 is 17.1 Å².